The van der Waals surface area contributed by atoms with E-state index in [0.717, 1.165) is 69.2 Å². The number of piperazine rings is 1. The van der Waals surface area contributed by atoms with E-state index in [4.69, 9.17) is 9.47 Å². The molecule has 1 N–H and O–H groups in total. The summed E-state index contributed by atoms with van der Waals surface area (Å²) in [6.45, 7) is 6.97. The van der Waals surface area contributed by atoms with Crippen molar-refractivity contribution in [1.29, 1.82) is 0 Å². The predicted molar refractivity (Wildman–Crippen MR) is 99.3 cm³/mol. The zero-order chi connectivity index (χ0) is 18.1. The van der Waals surface area contributed by atoms with Gasteiger partial charge in [-0.15, -0.1) is 0 Å². The van der Waals surface area contributed by atoms with Crippen LogP contribution in [0.2, 0.25) is 0 Å². The van der Waals surface area contributed by atoms with E-state index in [-0.39, 0.29) is 6.03 Å². The van der Waals surface area contributed by atoms with Crippen LogP contribution in [0.1, 0.15) is 31.7 Å². The first kappa shape index (κ1) is 19.4. The Bertz CT molecular complexity index is 543. The van der Waals surface area contributed by atoms with E-state index < -0.39 is 0 Å². The van der Waals surface area contributed by atoms with Crippen LogP contribution in [0.4, 0.5) is 4.79 Å². The lowest BCUT2D eigenvalue weighted by Gasteiger charge is -2.35. The molecule has 6 heteroatoms. The number of carbonyl (C=O) groups is 1. The van der Waals surface area contributed by atoms with Crippen molar-refractivity contribution in [3.63, 3.8) is 0 Å². The van der Waals surface area contributed by atoms with Gasteiger partial charge in [-0.25, -0.2) is 4.79 Å². The smallest absolute Gasteiger partial charge is 0.317 e. The summed E-state index contributed by atoms with van der Waals surface area (Å²) in [4.78, 5) is 16.4. The minimum Gasteiger partial charge on any atom is -0.497 e. The Balaban J connectivity index is 1.81. The van der Waals surface area contributed by atoms with E-state index in [0.29, 0.717) is 0 Å². The molecule has 0 bridgehead atoms. The van der Waals surface area contributed by atoms with Crippen molar-refractivity contribution in [3.05, 3.63) is 23.8 Å². The van der Waals surface area contributed by atoms with Crippen molar-refractivity contribution in [2.45, 2.75) is 32.7 Å². The van der Waals surface area contributed by atoms with Crippen LogP contribution < -0.4 is 14.8 Å². The van der Waals surface area contributed by atoms with Gasteiger partial charge in [0.25, 0.3) is 0 Å². The third-order valence-electron chi connectivity index (χ3n) is 4.60. The molecule has 6 nitrogen and oxygen atoms in total. The number of benzene rings is 1. The van der Waals surface area contributed by atoms with Gasteiger partial charge in [-0.1, -0.05) is 19.8 Å². The molecule has 0 atom stereocenters. The fourth-order valence-corrected chi connectivity index (χ4v) is 3.04. The molecule has 2 amide bonds. The molecule has 0 aromatic heterocycles. The molecule has 0 unspecified atom stereocenters. The van der Waals surface area contributed by atoms with Crippen molar-refractivity contribution in [3.8, 4) is 11.5 Å². The molecular weight excluding hydrogens is 318 g/mol. The van der Waals surface area contributed by atoms with Crippen molar-refractivity contribution in [2.75, 3.05) is 46.9 Å². The molecule has 0 saturated carbocycles. The average molecular weight is 349 g/mol. The van der Waals surface area contributed by atoms with E-state index >= 15 is 0 Å². The third kappa shape index (κ3) is 5.81. The SMILES string of the molecule is CCCCCNC(=O)N1CCN(Cc2cc(OC)ccc2OC)CC1. The highest BCUT2D eigenvalue weighted by atomic mass is 16.5. The molecule has 0 radical (unpaired) electrons. The van der Waals surface area contributed by atoms with Gasteiger partial charge in [0, 0.05) is 44.8 Å². The number of rotatable bonds is 8. The number of hydrogen-bond donors (Lipinski definition) is 1. The van der Waals surface area contributed by atoms with Crippen molar-refractivity contribution in [2.24, 2.45) is 0 Å². The van der Waals surface area contributed by atoms with Gasteiger partial charge in [0.2, 0.25) is 0 Å². The molecule has 1 aromatic carbocycles. The summed E-state index contributed by atoms with van der Waals surface area (Å²) >= 11 is 0. The molecule has 25 heavy (non-hydrogen) atoms. The van der Waals surface area contributed by atoms with Crippen LogP contribution in [0.25, 0.3) is 0 Å². The van der Waals surface area contributed by atoms with Gasteiger partial charge in [0.15, 0.2) is 0 Å². The zero-order valence-corrected chi connectivity index (χ0v) is 15.7. The number of urea groups is 1. The van der Waals surface area contributed by atoms with E-state index in [1.165, 1.54) is 6.42 Å². The molecule has 1 heterocycles. The summed E-state index contributed by atoms with van der Waals surface area (Å²) in [6.07, 6.45) is 3.39. The highest BCUT2D eigenvalue weighted by Gasteiger charge is 2.21. The second-order valence-electron chi connectivity index (χ2n) is 6.38. The fourth-order valence-electron chi connectivity index (χ4n) is 3.04. The Morgan fingerprint density at radius 3 is 2.52 bits per heavy atom. The normalized spacial score (nSPS) is 15.1. The maximum Gasteiger partial charge on any atom is 0.317 e. The summed E-state index contributed by atoms with van der Waals surface area (Å²) in [5, 5.41) is 3.02. The number of nitrogens with one attached hydrogen (secondary N) is 1. The quantitative estimate of drug-likeness (QED) is 0.733. The minimum absolute atomic E-state index is 0.0645. The molecule has 1 fully saturated rings. The van der Waals surface area contributed by atoms with Gasteiger partial charge in [-0.2, -0.15) is 0 Å². The van der Waals surface area contributed by atoms with Crippen LogP contribution in [-0.2, 0) is 6.54 Å². The number of hydrogen-bond acceptors (Lipinski definition) is 4. The number of nitrogens with zero attached hydrogens (tertiary/aromatic N) is 2. The Kier molecular flexibility index (Phi) is 7.85. The van der Waals surface area contributed by atoms with Crippen molar-refractivity contribution < 1.29 is 14.3 Å². The Morgan fingerprint density at radius 1 is 1.12 bits per heavy atom. The highest BCUT2D eigenvalue weighted by Crippen LogP contribution is 2.25. The van der Waals surface area contributed by atoms with Crippen molar-refractivity contribution >= 4 is 6.03 Å². The molecule has 1 aromatic rings. The molecule has 0 aliphatic carbocycles. The first-order valence-electron chi connectivity index (χ1n) is 9.14. The molecule has 140 valence electrons. The summed E-state index contributed by atoms with van der Waals surface area (Å²) in [6, 6.07) is 5.93. The summed E-state index contributed by atoms with van der Waals surface area (Å²) in [7, 11) is 3.36. The van der Waals surface area contributed by atoms with Crippen molar-refractivity contribution in [1.82, 2.24) is 15.1 Å². The van der Waals surface area contributed by atoms with Gasteiger partial charge in [-0.05, 0) is 24.6 Å². The number of ether oxygens (including phenoxy) is 2. The largest absolute Gasteiger partial charge is 0.497 e. The number of carbonyl (C=O) groups excluding carboxylic acids is 1. The molecule has 2 rings (SSSR count). The summed E-state index contributed by atoms with van der Waals surface area (Å²) in [5.41, 5.74) is 1.11. The van der Waals surface area contributed by atoms with E-state index in [1.54, 1.807) is 14.2 Å². The fraction of sp³-hybridized carbons (Fsp3) is 0.632. The molecule has 0 spiro atoms. The van der Waals surface area contributed by atoms with Crippen LogP contribution in [-0.4, -0.2) is 62.8 Å². The minimum atomic E-state index is 0.0645. The lowest BCUT2D eigenvalue weighted by Crippen LogP contribution is -2.51. The van der Waals surface area contributed by atoms with Crippen LogP contribution in [0, 0.1) is 0 Å². The van der Waals surface area contributed by atoms with E-state index in [2.05, 4.69) is 17.1 Å². The number of unbranched alkanes of at least 4 members (excludes halogenated alkanes) is 2. The molecule has 1 aliphatic rings. The van der Waals surface area contributed by atoms with E-state index in [9.17, 15) is 4.79 Å². The zero-order valence-electron chi connectivity index (χ0n) is 15.7. The first-order valence-corrected chi connectivity index (χ1v) is 9.14. The van der Waals surface area contributed by atoms with Crippen LogP contribution in [0.15, 0.2) is 18.2 Å². The number of amides is 2. The van der Waals surface area contributed by atoms with Gasteiger partial charge in [0.1, 0.15) is 11.5 Å². The predicted octanol–water partition coefficient (Wildman–Crippen LogP) is 2.72. The van der Waals surface area contributed by atoms with Gasteiger partial charge >= 0.3 is 6.03 Å². The van der Waals surface area contributed by atoms with Gasteiger partial charge < -0.3 is 19.7 Å². The van der Waals surface area contributed by atoms with Gasteiger partial charge in [0.05, 0.1) is 14.2 Å². The Morgan fingerprint density at radius 2 is 1.88 bits per heavy atom. The van der Waals surface area contributed by atoms with Gasteiger partial charge in [-0.3, -0.25) is 4.90 Å². The maximum atomic E-state index is 12.2. The molecule has 1 saturated heterocycles. The first-order chi connectivity index (χ1) is 12.2. The van der Waals surface area contributed by atoms with E-state index in [1.807, 2.05) is 23.1 Å². The lowest BCUT2D eigenvalue weighted by molar-refractivity contribution is 0.134. The van der Waals surface area contributed by atoms with Crippen LogP contribution >= 0.6 is 0 Å². The van der Waals surface area contributed by atoms with Crippen LogP contribution in [0.3, 0.4) is 0 Å². The standard InChI is InChI=1S/C19H31N3O3/c1-4-5-6-9-20-19(23)22-12-10-21(11-13-22)15-16-14-17(24-2)7-8-18(16)25-3/h7-8,14H,4-6,9-13,15H2,1-3H3,(H,20,23). The topological polar surface area (TPSA) is 54.0 Å². The highest BCUT2D eigenvalue weighted by molar-refractivity contribution is 5.74. The summed E-state index contributed by atoms with van der Waals surface area (Å²) in [5.74, 6) is 1.71. The summed E-state index contributed by atoms with van der Waals surface area (Å²) < 4.78 is 10.8. The number of methoxy groups -OCH3 is 2. The average Bonchev–Trinajstić information content (AvgIpc) is 2.65. The second kappa shape index (κ2) is 10.1. The maximum absolute atomic E-state index is 12.2. The second-order valence-corrected chi connectivity index (χ2v) is 6.38. The Hall–Kier alpha value is -1.95. The third-order valence-corrected chi connectivity index (χ3v) is 4.60. The Labute approximate surface area is 151 Å². The monoisotopic (exact) mass is 349 g/mol. The lowest BCUT2D eigenvalue weighted by atomic mass is 10.1. The van der Waals surface area contributed by atoms with Crippen LogP contribution in [0.5, 0.6) is 11.5 Å². The molecular formula is C19H31N3O3. The molecule has 1 aliphatic heterocycles.